The van der Waals surface area contributed by atoms with Crippen molar-refractivity contribution in [2.75, 3.05) is 0 Å². The van der Waals surface area contributed by atoms with Crippen LogP contribution >= 0.6 is 0 Å². The van der Waals surface area contributed by atoms with Crippen molar-refractivity contribution in [1.29, 1.82) is 0 Å². The lowest BCUT2D eigenvalue weighted by atomic mass is 9.46. The molecule has 2 aliphatic rings. The van der Waals surface area contributed by atoms with Crippen LogP contribution in [0.3, 0.4) is 0 Å². The Kier molecular flexibility index (Phi) is 5.93. The van der Waals surface area contributed by atoms with Crippen molar-refractivity contribution in [2.24, 2.45) is 22.7 Å². The van der Waals surface area contributed by atoms with E-state index >= 15 is 0 Å². The van der Waals surface area contributed by atoms with Gasteiger partial charge in [-0.25, -0.2) is 0 Å². The van der Waals surface area contributed by atoms with Gasteiger partial charge >= 0.3 is 11.9 Å². The van der Waals surface area contributed by atoms with Crippen LogP contribution in [-0.4, -0.2) is 11.9 Å². The van der Waals surface area contributed by atoms with Gasteiger partial charge in [0.2, 0.25) is 0 Å². The molecule has 4 atom stereocenters. The van der Waals surface area contributed by atoms with Gasteiger partial charge in [-0.2, -0.15) is 0 Å². The van der Waals surface area contributed by atoms with E-state index in [9.17, 15) is 9.59 Å². The standard InChI is InChI=1S/C25H34O4/c1-16-8-7-9-23-24(16,5)13-12-17(2)25(23,6)15-20-14-21(28-18(3)26)10-11-22(20)29-19(4)27/h10-11,14,17,23H,1,7-9,12-13,15H2,2-6H3/t17-,23+,24-,25+/m1/s1. The molecule has 2 fully saturated rings. The van der Waals surface area contributed by atoms with E-state index in [-0.39, 0.29) is 22.8 Å². The zero-order chi connectivity index (χ0) is 21.4. The number of carbonyl (C=O) groups is 2. The van der Waals surface area contributed by atoms with Gasteiger partial charge in [-0.3, -0.25) is 9.59 Å². The molecule has 0 heterocycles. The van der Waals surface area contributed by atoms with Crippen molar-refractivity contribution in [1.82, 2.24) is 0 Å². The Hall–Kier alpha value is -2.10. The van der Waals surface area contributed by atoms with Crippen LogP contribution < -0.4 is 9.47 Å². The van der Waals surface area contributed by atoms with E-state index in [2.05, 4.69) is 27.4 Å². The molecule has 1 aromatic rings. The van der Waals surface area contributed by atoms with Crippen molar-refractivity contribution in [3.05, 3.63) is 35.9 Å². The molecule has 4 heteroatoms. The second-order valence-electron chi connectivity index (χ2n) is 9.54. The molecule has 0 radical (unpaired) electrons. The van der Waals surface area contributed by atoms with E-state index in [0.29, 0.717) is 23.3 Å². The topological polar surface area (TPSA) is 52.6 Å². The Morgan fingerprint density at radius 2 is 1.83 bits per heavy atom. The highest BCUT2D eigenvalue weighted by atomic mass is 16.5. The van der Waals surface area contributed by atoms with Crippen LogP contribution in [0.2, 0.25) is 0 Å². The SMILES string of the molecule is C=C1CCC[C@@H]2[C@@](C)(Cc3cc(OC(C)=O)ccc3OC(C)=O)[C@H](C)CC[C@]12C. The van der Waals surface area contributed by atoms with E-state index in [4.69, 9.17) is 9.47 Å². The Morgan fingerprint density at radius 3 is 2.48 bits per heavy atom. The third-order valence-electron chi connectivity index (χ3n) is 7.69. The third kappa shape index (κ3) is 4.12. The number of esters is 2. The van der Waals surface area contributed by atoms with Crippen molar-refractivity contribution >= 4 is 11.9 Å². The molecule has 1 aromatic carbocycles. The molecular weight excluding hydrogens is 364 g/mol. The van der Waals surface area contributed by atoms with Crippen molar-refractivity contribution in [3.63, 3.8) is 0 Å². The maximum Gasteiger partial charge on any atom is 0.308 e. The average Bonchev–Trinajstić information content (AvgIpc) is 2.62. The first kappa shape index (κ1) is 21.6. The summed E-state index contributed by atoms with van der Waals surface area (Å²) in [6.07, 6.45) is 6.64. The molecule has 158 valence electrons. The van der Waals surface area contributed by atoms with Crippen molar-refractivity contribution in [3.8, 4) is 11.5 Å². The Labute approximate surface area is 174 Å². The maximum atomic E-state index is 11.7. The van der Waals surface area contributed by atoms with Gasteiger partial charge in [-0.05, 0) is 85.0 Å². The van der Waals surface area contributed by atoms with Crippen LogP contribution in [0.4, 0.5) is 0 Å². The van der Waals surface area contributed by atoms with Gasteiger partial charge in [0.1, 0.15) is 11.5 Å². The summed E-state index contributed by atoms with van der Waals surface area (Å²) in [4.78, 5) is 23.1. The molecule has 0 N–H and O–H groups in total. The zero-order valence-electron chi connectivity index (χ0n) is 18.5. The smallest absolute Gasteiger partial charge is 0.308 e. The molecule has 0 saturated heterocycles. The Morgan fingerprint density at radius 1 is 1.14 bits per heavy atom. The molecule has 2 aliphatic carbocycles. The Balaban J connectivity index is 2.01. The van der Waals surface area contributed by atoms with Gasteiger partial charge < -0.3 is 9.47 Å². The number of allylic oxidation sites excluding steroid dienone is 1. The fourth-order valence-corrected chi connectivity index (χ4v) is 5.85. The van der Waals surface area contributed by atoms with E-state index in [1.807, 2.05) is 6.07 Å². The Bertz CT molecular complexity index is 826. The average molecular weight is 399 g/mol. The highest BCUT2D eigenvalue weighted by Gasteiger charge is 2.54. The first-order valence-electron chi connectivity index (χ1n) is 10.7. The molecule has 0 spiro atoms. The summed E-state index contributed by atoms with van der Waals surface area (Å²) < 4.78 is 10.8. The lowest BCUT2D eigenvalue weighted by molar-refractivity contribution is -0.133. The van der Waals surface area contributed by atoms with Gasteiger partial charge in [-0.1, -0.05) is 32.9 Å². The molecule has 0 aliphatic heterocycles. The van der Waals surface area contributed by atoms with Crippen LogP contribution in [-0.2, 0) is 16.0 Å². The second-order valence-corrected chi connectivity index (χ2v) is 9.54. The first-order valence-corrected chi connectivity index (χ1v) is 10.7. The van der Waals surface area contributed by atoms with Crippen molar-refractivity contribution in [2.45, 2.75) is 73.1 Å². The molecule has 0 bridgehead atoms. The number of ether oxygens (including phenoxy) is 2. The fourth-order valence-electron chi connectivity index (χ4n) is 5.85. The largest absolute Gasteiger partial charge is 0.427 e. The summed E-state index contributed by atoms with van der Waals surface area (Å²) in [5.41, 5.74) is 2.52. The number of hydrogen-bond donors (Lipinski definition) is 0. The van der Waals surface area contributed by atoms with Crippen LogP contribution in [0.25, 0.3) is 0 Å². The highest BCUT2D eigenvalue weighted by molar-refractivity contribution is 5.71. The van der Waals surface area contributed by atoms with E-state index < -0.39 is 0 Å². The minimum absolute atomic E-state index is 0.0418. The number of hydrogen-bond acceptors (Lipinski definition) is 4. The highest BCUT2D eigenvalue weighted by Crippen LogP contribution is 2.62. The summed E-state index contributed by atoms with van der Waals surface area (Å²) in [7, 11) is 0. The van der Waals surface area contributed by atoms with Crippen LogP contribution in [0.1, 0.15) is 72.3 Å². The molecule has 0 amide bonds. The molecule has 0 unspecified atom stereocenters. The van der Waals surface area contributed by atoms with Crippen LogP contribution in [0, 0.1) is 22.7 Å². The summed E-state index contributed by atoms with van der Waals surface area (Å²) in [5, 5.41) is 0. The minimum Gasteiger partial charge on any atom is -0.427 e. The second kappa shape index (κ2) is 7.97. The quantitative estimate of drug-likeness (QED) is 0.361. The van der Waals surface area contributed by atoms with Gasteiger partial charge in [0.15, 0.2) is 0 Å². The number of benzene rings is 1. The maximum absolute atomic E-state index is 11.7. The normalized spacial score (nSPS) is 31.7. The van der Waals surface area contributed by atoms with E-state index in [0.717, 1.165) is 24.8 Å². The zero-order valence-corrected chi connectivity index (χ0v) is 18.5. The van der Waals surface area contributed by atoms with Gasteiger partial charge in [0.25, 0.3) is 0 Å². The van der Waals surface area contributed by atoms with Gasteiger partial charge in [-0.15, -0.1) is 0 Å². The fraction of sp³-hybridized carbons (Fsp3) is 0.600. The van der Waals surface area contributed by atoms with Gasteiger partial charge in [0.05, 0.1) is 0 Å². The first-order chi connectivity index (χ1) is 13.6. The summed E-state index contributed by atoms with van der Waals surface area (Å²) in [5.74, 6) is 1.42. The summed E-state index contributed by atoms with van der Waals surface area (Å²) in [6.45, 7) is 14.4. The molecule has 2 saturated carbocycles. The van der Waals surface area contributed by atoms with E-state index in [1.54, 1.807) is 12.1 Å². The lowest BCUT2D eigenvalue weighted by Crippen LogP contribution is -2.51. The van der Waals surface area contributed by atoms with Crippen LogP contribution in [0.15, 0.2) is 30.4 Å². The van der Waals surface area contributed by atoms with Gasteiger partial charge in [0, 0.05) is 13.8 Å². The predicted octanol–water partition coefficient (Wildman–Crippen LogP) is 5.88. The molecule has 0 aromatic heterocycles. The number of rotatable bonds is 4. The number of carbonyl (C=O) groups excluding carboxylic acids is 2. The van der Waals surface area contributed by atoms with E-state index in [1.165, 1.54) is 38.7 Å². The van der Waals surface area contributed by atoms with Crippen molar-refractivity contribution < 1.29 is 19.1 Å². The third-order valence-corrected chi connectivity index (χ3v) is 7.69. The molecule has 4 nitrogen and oxygen atoms in total. The molecular formula is C25H34O4. The molecule has 3 rings (SSSR count). The summed E-state index contributed by atoms with van der Waals surface area (Å²) in [6, 6.07) is 5.29. The monoisotopic (exact) mass is 398 g/mol. The van der Waals surface area contributed by atoms with Crippen LogP contribution in [0.5, 0.6) is 11.5 Å². The lowest BCUT2D eigenvalue weighted by Gasteiger charge is -2.59. The number of fused-ring (bicyclic) bond motifs is 1. The molecule has 29 heavy (non-hydrogen) atoms. The summed E-state index contributed by atoms with van der Waals surface area (Å²) >= 11 is 0. The minimum atomic E-state index is -0.357. The predicted molar refractivity (Wildman–Crippen MR) is 114 cm³/mol.